The largest absolute Gasteiger partial charge is 0.391 e. The van der Waals surface area contributed by atoms with Gasteiger partial charge in [-0.05, 0) is 24.7 Å². The molecule has 0 radical (unpaired) electrons. The molecule has 4 unspecified atom stereocenters. The highest BCUT2D eigenvalue weighted by molar-refractivity contribution is 5.74. The molecular weight excluding hydrogens is 228 g/mol. The van der Waals surface area contributed by atoms with Crippen molar-refractivity contribution >= 4 is 6.03 Å². The summed E-state index contributed by atoms with van der Waals surface area (Å²) in [6.07, 6.45) is 5.08. The van der Waals surface area contributed by atoms with E-state index in [1.807, 2.05) is 13.8 Å². The molecule has 0 heterocycles. The lowest BCUT2D eigenvalue weighted by molar-refractivity contribution is 0.114. The van der Waals surface area contributed by atoms with Crippen LogP contribution in [0.15, 0.2) is 0 Å². The number of rotatable bonds is 5. The summed E-state index contributed by atoms with van der Waals surface area (Å²) in [7, 11) is 0. The van der Waals surface area contributed by atoms with E-state index in [0.717, 1.165) is 19.3 Å². The molecule has 1 aliphatic rings. The Kier molecular flexibility index (Phi) is 6.47. The zero-order valence-corrected chi connectivity index (χ0v) is 11.9. The molecule has 106 valence electrons. The van der Waals surface area contributed by atoms with E-state index in [9.17, 15) is 9.90 Å². The number of carbonyl (C=O) groups is 1. The summed E-state index contributed by atoms with van der Waals surface area (Å²) in [4.78, 5) is 11.7. The number of carbonyl (C=O) groups excluding carboxylic acids is 1. The minimum absolute atomic E-state index is 0.142. The first kappa shape index (κ1) is 15.3. The second-order valence-corrected chi connectivity index (χ2v) is 5.78. The van der Waals surface area contributed by atoms with Crippen LogP contribution in [0.4, 0.5) is 4.79 Å². The summed E-state index contributed by atoms with van der Waals surface area (Å²) in [6.45, 7) is 6.60. The average molecular weight is 256 g/mol. The molecule has 0 aromatic carbocycles. The lowest BCUT2D eigenvalue weighted by Crippen LogP contribution is -2.46. The van der Waals surface area contributed by atoms with Crippen LogP contribution in [0, 0.1) is 11.8 Å². The van der Waals surface area contributed by atoms with Crippen molar-refractivity contribution in [3.63, 3.8) is 0 Å². The van der Waals surface area contributed by atoms with Crippen molar-refractivity contribution in [1.29, 1.82) is 0 Å². The minimum atomic E-state index is -0.453. The van der Waals surface area contributed by atoms with Crippen LogP contribution < -0.4 is 10.6 Å². The smallest absolute Gasteiger partial charge is 0.315 e. The van der Waals surface area contributed by atoms with Crippen molar-refractivity contribution < 1.29 is 9.90 Å². The molecule has 0 aromatic heterocycles. The van der Waals surface area contributed by atoms with E-state index >= 15 is 0 Å². The first-order valence-electron chi connectivity index (χ1n) is 7.25. The van der Waals surface area contributed by atoms with Gasteiger partial charge in [0.05, 0.1) is 6.10 Å². The molecule has 4 atom stereocenters. The number of hydrogen-bond acceptors (Lipinski definition) is 2. The molecule has 0 bridgehead atoms. The second kappa shape index (κ2) is 7.62. The zero-order valence-electron chi connectivity index (χ0n) is 11.9. The summed E-state index contributed by atoms with van der Waals surface area (Å²) in [5.41, 5.74) is 0. The number of urea groups is 1. The van der Waals surface area contributed by atoms with E-state index < -0.39 is 6.10 Å². The number of amides is 2. The SMILES string of the molecule is CCC(C)C(O)CNC(=O)NC1CCCC(C)C1. The van der Waals surface area contributed by atoms with Crippen molar-refractivity contribution in [2.45, 2.75) is 65.0 Å². The van der Waals surface area contributed by atoms with Crippen molar-refractivity contribution in [2.75, 3.05) is 6.54 Å². The first-order valence-corrected chi connectivity index (χ1v) is 7.25. The highest BCUT2D eigenvalue weighted by atomic mass is 16.3. The van der Waals surface area contributed by atoms with E-state index in [-0.39, 0.29) is 11.9 Å². The predicted octanol–water partition coefficient (Wildman–Crippen LogP) is 2.27. The summed E-state index contributed by atoms with van der Waals surface area (Å²) in [5.74, 6) is 0.926. The average Bonchev–Trinajstić information content (AvgIpc) is 2.35. The number of nitrogens with one attached hydrogen (secondary N) is 2. The highest BCUT2D eigenvalue weighted by Gasteiger charge is 2.20. The minimum Gasteiger partial charge on any atom is -0.391 e. The molecule has 3 N–H and O–H groups in total. The van der Waals surface area contributed by atoms with Crippen molar-refractivity contribution in [2.24, 2.45) is 11.8 Å². The Balaban J connectivity index is 2.20. The van der Waals surface area contributed by atoms with Crippen molar-refractivity contribution in [3.8, 4) is 0 Å². The maximum atomic E-state index is 11.7. The summed E-state index contributed by atoms with van der Waals surface area (Å²) < 4.78 is 0. The standard InChI is InChI=1S/C14H28N2O2/c1-4-11(3)13(17)9-15-14(18)16-12-7-5-6-10(2)8-12/h10-13,17H,4-9H2,1-3H3,(H2,15,16,18). The van der Waals surface area contributed by atoms with E-state index in [4.69, 9.17) is 0 Å². The van der Waals surface area contributed by atoms with Gasteiger partial charge < -0.3 is 15.7 Å². The molecule has 1 saturated carbocycles. The topological polar surface area (TPSA) is 61.4 Å². The third-order valence-corrected chi connectivity index (χ3v) is 4.04. The van der Waals surface area contributed by atoms with Gasteiger partial charge >= 0.3 is 6.03 Å². The third-order valence-electron chi connectivity index (χ3n) is 4.04. The predicted molar refractivity (Wildman–Crippen MR) is 73.4 cm³/mol. The Labute approximate surface area is 111 Å². The Hall–Kier alpha value is -0.770. The fourth-order valence-electron chi connectivity index (χ4n) is 2.47. The second-order valence-electron chi connectivity index (χ2n) is 5.78. The van der Waals surface area contributed by atoms with Gasteiger partial charge in [0.25, 0.3) is 0 Å². The van der Waals surface area contributed by atoms with Crippen molar-refractivity contribution in [1.82, 2.24) is 10.6 Å². The maximum Gasteiger partial charge on any atom is 0.315 e. The molecule has 1 aliphatic carbocycles. The first-order chi connectivity index (χ1) is 8.52. The van der Waals surface area contributed by atoms with E-state index in [2.05, 4.69) is 17.6 Å². The molecule has 0 spiro atoms. The van der Waals surface area contributed by atoms with Crippen LogP contribution in [-0.4, -0.2) is 29.8 Å². The molecule has 1 fully saturated rings. The van der Waals surface area contributed by atoms with Crippen LogP contribution in [0.3, 0.4) is 0 Å². The molecule has 0 aliphatic heterocycles. The van der Waals surface area contributed by atoms with Gasteiger partial charge in [-0.1, -0.05) is 40.0 Å². The zero-order chi connectivity index (χ0) is 13.5. The molecule has 0 aromatic rings. The van der Waals surface area contributed by atoms with Gasteiger partial charge in [-0.25, -0.2) is 4.79 Å². The van der Waals surface area contributed by atoms with Crippen LogP contribution in [-0.2, 0) is 0 Å². The monoisotopic (exact) mass is 256 g/mol. The number of aliphatic hydroxyl groups is 1. The number of aliphatic hydroxyl groups excluding tert-OH is 1. The summed E-state index contributed by atoms with van der Waals surface area (Å²) >= 11 is 0. The van der Waals surface area contributed by atoms with E-state index in [0.29, 0.717) is 18.5 Å². The van der Waals surface area contributed by atoms with Gasteiger partial charge in [0.15, 0.2) is 0 Å². The van der Waals surface area contributed by atoms with Crippen LogP contribution in [0.1, 0.15) is 52.9 Å². The van der Waals surface area contributed by atoms with E-state index in [1.165, 1.54) is 12.8 Å². The Morgan fingerprint density at radius 2 is 2.17 bits per heavy atom. The Bertz CT molecular complexity index is 258. The lowest BCUT2D eigenvalue weighted by Gasteiger charge is -2.27. The summed E-state index contributed by atoms with van der Waals surface area (Å²) in [5, 5.41) is 15.5. The van der Waals surface area contributed by atoms with Crippen LogP contribution >= 0.6 is 0 Å². The molecular formula is C14H28N2O2. The lowest BCUT2D eigenvalue weighted by atomic mass is 9.87. The maximum absolute atomic E-state index is 11.7. The van der Waals surface area contributed by atoms with Gasteiger partial charge in [-0.15, -0.1) is 0 Å². The Morgan fingerprint density at radius 1 is 1.44 bits per heavy atom. The highest BCUT2D eigenvalue weighted by Crippen LogP contribution is 2.23. The van der Waals surface area contributed by atoms with Gasteiger partial charge in [0.1, 0.15) is 0 Å². The molecule has 4 nitrogen and oxygen atoms in total. The molecule has 1 rings (SSSR count). The molecule has 2 amide bonds. The third kappa shape index (κ3) is 5.25. The van der Waals surface area contributed by atoms with Crippen LogP contribution in [0.5, 0.6) is 0 Å². The molecule has 4 heteroatoms. The van der Waals surface area contributed by atoms with Gasteiger partial charge in [-0.3, -0.25) is 0 Å². The van der Waals surface area contributed by atoms with Crippen LogP contribution in [0.2, 0.25) is 0 Å². The quantitative estimate of drug-likeness (QED) is 0.706. The summed E-state index contributed by atoms with van der Waals surface area (Å²) in [6, 6.07) is 0.158. The van der Waals surface area contributed by atoms with E-state index in [1.54, 1.807) is 0 Å². The Morgan fingerprint density at radius 3 is 2.78 bits per heavy atom. The van der Waals surface area contributed by atoms with Gasteiger partial charge in [0, 0.05) is 12.6 Å². The normalized spacial score (nSPS) is 27.3. The fraction of sp³-hybridized carbons (Fsp3) is 0.929. The van der Waals surface area contributed by atoms with Gasteiger partial charge in [-0.2, -0.15) is 0 Å². The number of hydrogen-bond donors (Lipinski definition) is 3. The fourth-order valence-corrected chi connectivity index (χ4v) is 2.47. The molecule has 18 heavy (non-hydrogen) atoms. The van der Waals surface area contributed by atoms with Crippen molar-refractivity contribution in [3.05, 3.63) is 0 Å². The molecule has 0 saturated heterocycles. The van der Waals surface area contributed by atoms with Crippen LogP contribution in [0.25, 0.3) is 0 Å². The van der Waals surface area contributed by atoms with Gasteiger partial charge in [0.2, 0.25) is 0 Å².